The third kappa shape index (κ3) is 6.01. The summed E-state index contributed by atoms with van der Waals surface area (Å²) in [5.74, 6) is -0.460. The van der Waals surface area contributed by atoms with Crippen LogP contribution in [0.4, 0.5) is 4.39 Å². The molecule has 268 valence electrons. The van der Waals surface area contributed by atoms with E-state index < -0.39 is 29.7 Å². The Morgan fingerprint density at radius 3 is 2.52 bits per heavy atom. The zero-order valence-electron chi connectivity index (χ0n) is 28.9. The number of halogens is 2. The molecule has 12 nitrogen and oxygen atoms in total. The summed E-state index contributed by atoms with van der Waals surface area (Å²) >= 11 is 7.90. The van der Waals surface area contributed by atoms with E-state index in [0.29, 0.717) is 54.7 Å². The van der Waals surface area contributed by atoms with Gasteiger partial charge >= 0.3 is 0 Å². The van der Waals surface area contributed by atoms with Crippen LogP contribution in [-0.4, -0.2) is 91.0 Å². The molecule has 1 unspecified atom stereocenters. The Morgan fingerprint density at radius 2 is 1.79 bits per heavy atom. The smallest absolute Gasteiger partial charge is 0.255 e. The first kappa shape index (κ1) is 34.3. The maximum absolute atomic E-state index is 15.4. The van der Waals surface area contributed by atoms with E-state index in [0.717, 1.165) is 33.2 Å². The minimum absolute atomic E-state index is 0.0509. The lowest BCUT2D eigenvalue weighted by Crippen LogP contribution is -2.52. The van der Waals surface area contributed by atoms with Gasteiger partial charge < -0.3 is 9.80 Å². The van der Waals surface area contributed by atoms with Crippen LogP contribution < -0.4 is 5.32 Å². The molecule has 0 aliphatic carbocycles. The molecule has 2 atom stereocenters. The van der Waals surface area contributed by atoms with E-state index in [1.807, 2.05) is 40.7 Å². The van der Waals surface area contributed by atoms with Gasteiger partial charge in [-0.3, -0.25) is 39.0 Å². The van der Waals surface area contributed by atoms with Gasteiger partial charge in [0.05, 0.1) is 12.1 Å². The summed E-state index contributed by atoms with van der Waals surface area (Å²) in [7, 11) is 0. The van der Waals surface area contributed by atoms with Crippen molar-refractivity contribution in [1.29, 1.82) is 0 Å². The molecular formula is C37H36ClFN8O4S. The Labute approximate surface area is 308 Å². The molecule has 2 saturated heterocycles. The van der Waals surface area contributed by atoms with Crippen LogP contribution in [0, 0.1) is 26.6 Å². The largest absolute Gasteiger partial charge is 0.340 e. The number of rotatable bonds is 6. The molecule has 0 bridgehead atoms. The van der Waals surface area contributed by atoms with E-state index >= 15 is 4.39 Å². The van der Waals surface area contributed by atoms with Gasteiger partial charge in [-0.25, -0.2) is 4.39 Å². The summed E-state index contributed by atoms with van der Waals surface area (Å²) in [5.41, 5.74) is 5.17. The van der Waals surface area contributed by atoms with Gasteiger partial charge in [0.2, 0.25) is 17.7 Å². The van der Waals surface area contributed by atoms with Crippen molar-refractivity contribution in [2.75, 3.05) is 26.2 Å². The average molecular weight is 743 g/mol. The van der Waals surface area contributed by atoms with Crippen LogP contribution in [0.5, 0.6) is 0 Å². The summed E-state index contributed by atoms with van der Waals surface area (Å²) in [6.45, 7) is 8.59. The number of fused-ring (bicyclic) bond motifs is 4. The van der Waals surface area contributed by atoms with Gasteiger partial charge in [-0.2, -0.15) is 0 Å². The van der Waals surface area contributed by atoms with Gasteiger partial charge in [0, 0.05) is 77.8 Å². The number of aliphatic imine (C=N–C) groups is 1. The van der Waals surface area contributed by atoms with E-state index in [9.17, 15) is 19.2 Å². The molecule has 15 heteroatoms. The highest BCUT2D eigenvalue weighted by atomic mass is 35.5. The second kappa shape index (κ2) is 13.3. The van der Waals surface area contributed by atoms with E-state index in [1.54, 1.807) is 17.4 Å². The van der Waals surface area contributed by atoms with Gasteiger partial charge in [0.25, 0.3) is 5.91 Å². The molecule has 0 saturated carbocycles. The number of aromatic nitrogens is 3. The number of carbonyl (C=O) groups excluding carboxylic acids is 4. The normalized spacial score (nSPS) is 20.3. The highest BCUT2D eigenvalue weighted by Crippen LogP contribution is 2.40. The Morgan fingerprint density at radius 1 is 1.04 bits per heavy atom. The Hall–Kier alpha value is -4.79. The molecule has 6 heterocycles. The van der Waals surface area contributed by atoms with Crippen molar-refractivity contribution < 1.29 is 23.6 Å². The fraction of sp³-hybridized carbons (Fsp3) is 0.378. The predicted molar refractivity (Wildman–Crippen MR) is 192 cm³/mol. The van der Waals surface area contributed by atoms with Crippen LogP contribution in [-0.2, 0) is 27.5 Å². The number of thiophene rings is 1. The lowest BCUT2D eigenvalue weighted by atomic mass is 9.99. The summed E-state index contributed by atoms with van der Waals surface area (Å²) in [4.78, 5) is 62.8. The zero-order chi connectivity index (χ0) is 36.4. The Kier molecular flexibility index (Phi) is 8.79. The molecule has 2 fully saturated rings. The summed E-state index contributed by atoms with van der Waals surface area (Å²) in [5, 5.41) is 12.8. The number of piperidine rings is 1. The fourth-order valence-electron chi connectivity index (χ4n) is 7.58. The summed E-state index contributed by atoms with van der Waals surface area (Å²) in [6, 6.07) is 9.21. The number of amides is 4. The molecular weight excluding hydrogens is 707 g/mol. The molecule has 4 aliphatic rings. The zero-order valence-corrected chi connectivity index (χ0v) is 30.5. The molecule has 0 spiro atoms. The van der Waals surface area contributed by atoms with Crippen molar-refractivity contribution in [1.82, 2.24) is 34.8 Å². The first-order valence-electron chi connectivity index (χ1n) is 17.3. The van der Waals surface area contributed by atoms with Crippen molar-refractivity contribution in [3.63, 3.8) is 0 Å². The number of piperazine rings is 1. The minimum atomic E-state index is -0.760. The van der Waals surface area contributed by atoms with E-state index in [-0.39, 0.29) is 43.2 Å². The second-order valence-corrected chi connectivity index (χ2v) is 15.4. The van der Waals surface area contributed by atoms with Gasteiger partial charge in [0.15, 0.2) is 5.82 Å². The molecule has 0 radical (unpaired) electrons. The van der Waals surface area contributed by atoms with Crippen LogP contribution in [0.1, 0.15) is 80.0 Å². The third-order valence-corrected chi connectivity index (χ3v) is 12.0. The lowest BCUT2D eigenvalue weighted by molar-refractivity contribution is -0.137. The first-order valence-corrected chi connectivity index (χ1v) is 18.5. The number of benzene rings is 2. The molecule has 8 rings (SSSR count). The maximum Gasteiger partial charge on any atom is 0.255 e. The lowest BCUT2D eigenvalue weighted by Gasteiger charge is -2.35. The number of hydrogen-bond acceptors (Lipinski definition) is 9. The molecule has 4 amide bonds. The monoisotopic (exact) mass is 742 g/mol. The number of hydrogen-bond donors (Lipinski definition) is 1. The minimum Gasteiger partial charge on any atom is -0.340 e. The molecule has 4 aromatic rings. The molecule has 4 aliphatic heterocycles. The van der Waals surface area contributed by atoms with E-state index in [1.165, 1.54) is 15.8 Å². The van der Waals surface area contributed by atoms with Crippen molar-refractivity contribution >= 4 is 52.3 Å². The predicted octanol–water partition coefficient (Wildman–Crippen LogP) is 4.43. The first-order chi connectivity index (χ1) is 25.0. The number of carbonyl (C=O) groups is 4. The van der Waals surface area contributed by atoms with Crippen molar-refractivity contribution in [2.24, 2.45) is 4.99 Å². The highest BCUT2D eigenvalue weighted by Gasteiger charge is 2.40. The highest BCUT2D eigenvalue weighted by molar-refractivity contribution is 7.15. The molecule has 2 aromatic heterocycles. The van der Waals surface area contributed by atoms with Gasteiger partial charge in [-0.15, -0.1) is 21.5 Å². The van der Waals surface area contributed by atoms with Crippen LogP contribution >= 0.6 is 22.9 Å². The van der Waals surface area contributed by atoms with Crippen LogP contribution in [0.2, 0.25) is 5.02 Å². The average Bonchev–Trinajstić information content (AvgIpc) is 3.72. The standard InChI is InChI=1S/C37H36ClFN8O4S/c1-19-20(2)52-37-32(19)33(22-4-6-25(38)7-5-22)40-28(34-43-42-21(3)47(34)37)16-31(49)45-12-10-44(11-13-45)17-24-14-23-18-46(36(51)26(23)15-27(24)39)29-8-9-30(48)41-35(29)50/h4-7,14-15,28-29H,8-13,16-18H2,1-3H3,(H,41,48,50)/t28-,29?/m0/s1. The Balaban J connectivity index is 0.967. The molecule has 1 N–H and O–H groups in total. The van der Waals surface area contributed by atoms with E-state index in [4.69, 9.17) is 16.6 Å². The van der Waals surface area contributed by atoms with Crippen LogP contribution in [0.15, 0.2) is 41.4 Å². The maximum atomic E-state index is 15.4. The summed E-state index contributed by atoms with van der Waals surface area (Å²) in [6.07, 6.45) is 0.507. The topological polar surface area (TPSA) is 133 Å². The Bertz CT molecular complexity index is 2190. The van der Waals surface area contributed by atoms with E-state index in [2.05, 4.69) is 34.3 Å². The van der Waals surface area contributed by atoms with Crippen LogP contribution in [0.25, 0.3) is 5.00 Å². The number of nitrogens with one attached hydrogen (secondary N) is 1. The molecule has 52 heavy (non-hydrogen) atoms. The van der Waals surface area contributed by atoms with Crippen molar-refractivity contribution in [2.45, 2.75) is 65.2 Å². The number of aryl methyl sites for hydroxylation is 2. The quantitative estimate of drug-likeness (QED) is 0.289. The third-order valence-electron chi connectivity index (χ3n) is 10.5. The summed E-state index contributed by atoms with van der Waals surface area (Å²) < 4.78 is 17.4. The van der Waals surface area contributed by atoms with Gasteiger partial charge in [0.1, 0.15) is 28.7 Å². The second-order valence-electron chi connectivity index (χ2n) is 13.8. The molecule has 2 aromatic carbocycles. The van der Waals surface area contributed by atoms with Gasteiger partial charge in [-0.1, -0.05) is 23.7 Å². The number of nitrogens with zero attached hydrogens (tertiary/aromatic N) is 7. The fourth-order valence-corrected chi connectivity index (χ4v) is 8.92. The van der Waals surface area contributed by atoms with Crippen molar-refractivity contribution in [3.05, 3.63) is 97.1 Å². The van der Waals surface area contributed by atoms with Crippen LogP contribution in [0.3, 0.4) is 0 Å². The number of imide groups is 1. The van der Waals surface area contributed by atoms with Gasteiger partial charge in [-0.05, 0) is 62.6 Å². The SMILES string of the molecule is Cc1sc2c(c1C)C(c1ccc(Cl)cc1)=N[C@@H](CC(=O)N1CCN(Cc3cc4c(cc3F)C(=O)N(C3CCC(=O)NC3=O)C4)CC1)c1nnc(C)n1-2. The van der Waals surface area contributed by atoms with Crippen molar-refractivity contribution in [3.8, 4) is 5.00 Å².